The molecule has 0 aliphatic carbocycles. The van der Waals surface area contributed by atoms with Crippen molar-refractivity contribution in [3.63, 3.8) is 0 Å². The first kappa shape index (κ1) is 16.4. The molecule has 0 spiro atoms. The Labute approximate surface area is 143 Å². The van der Waals surface area contributed by atoms with E-state index in [0.29, 0.717) is 11.8 Å². The van der Waals surface area contributed by atoms with Gasteiger partial charge in [-0.15, -0.1) is 0 Å². The number of hydrogen-bond acceptors (Lipinski definition) is 4. The van der Waals surface area contributed by atoms with Crippen molar-refractivity contribution in [3.05, 3.63) is 49.0 Å². The van der Waals surface area contributed by atoms with E-state index in [2.05, 4.69) is 11.6 Å². The third kappa shape index (κ3) is 3.25. The first-order valence-corrected chi connectivity index (χ1v) is 7.47. The van der Waals surface area contributed by atoms with Crippen molar-refractivity contribution in [1.29, 1.82) is 0 Å². The van der Waals surface area contributed by atoms with Gasteiger partial charge in [0.1, 0.15) is 11.4 Å². The molecule has 24 heavy (non-hydrogen) atoms. The predicted octanol–water partition coefficient (Wildman–Crippen LogP) is 3.12. The molecule has 0 bridgehead atoms. The minimum Gasteiger partial charge on any atom is -0.476 e. The maximum atomic E-state index is 13.1. The number of nitrogens with zero attached hydrogens (tertiary/aromatic N) is 2. The van der Waals surface area contributed by atoms with Crippen LogP contribution in [0.1, 0.15) is 13.8 Å². The van der Waals surface area contributed by atoms with Crippen LogP contribution in [0.15, 0.2) is 49.0 Å². The Hall–Kier alpha value is -2.43. The van der Waals surface area contributed by atoms with Gasteiger partial charge in [-0.1, -0.05) is 12.1 Å². The Morgan fingerprint density at radius 3 is 2.50 bits per heavy atom. The first-order chi connectivity index (χ1) is 11.2. The molecule has 0 N–H and O–H groups in total. The average molecular weight is 320 g/mol. The number of aromatic nitrogens is 1. The van der Waals surface area contributed by atoms with Gasteiger partial charge in [-0.05, 0) is 44.2 Å². The Balaban J connectivity index is 1.90. The summed E-state index contributed by atoms with van der Waals surface area (Å²) in [4.78, 5) is 6.32. The van der Waals surface area contributed by atoms with Crippen molar-refractivity contribution in [1.82, 2.24) is 4.98 Å². The average Bonchev–Trinajstić information content (AvgIpc) is 2.81. The van der Waals surface area contributed by atoms with Gasteiger partial charge >= 0.3 is 0 Å². The summed E-state index contributed by atoms with van der Waals surface area (Å²) in [5.41, 5.74) is -0.0697. The fourth-order valence-electron chi connectivity index (χ4n) is 2.61. The minimum atomic E-state index is -2.70. The summed E-state index contributed by atoms with van der Waals surface area (Å²) in [6, 6.07) is 8.89. The largest absolute Gasteiger partial charge is 0.476 e. The van der Waals surface area contributed by atoms with Crippen molar-refractivity contribution in [3.8, 4) is 22.8 Å². The van der Waals surface area contributed by atoms with Crippen LogP contribution in [0.25, 0.3) is 11.1 Å². The molecule has 1 aliphatic heterocycles. The second-order valence-corrected chi connectivity index (χ2v) is 5.83. The molecule has 0 unspecified atom stereocenters. The van der Waals surface area contributed by atoms with E-state index in [1.807, 2.05) is 24.8 Å². The molecule has 118 valence electrons. The van der Waals surface area contributed by atoms with Gasteiger partial charge in [0.15, 0.2) is 27.2 Å². The van der Waals surface area contributed by atoms with Gasteiger partial charge in [0.2, 0.25) is 5.88 Å². The van der Waals surface area contributed by atoms with Gasteiger partial charge in [-0.3, -0.25) is 0 Å². The molecule has 7 heteroatoms. The van der Waals surface area contributed by atoms with E-state index in [1.165, 1.54) is 0 Å². The van der Waals surface area contributed by atoms with Crippen molar-refractivity contribution < 1.29 is 13.9 Å². The first-order valence-electron chi connectivity index (χ1n) is 7.47. The summed E-state index contributed by atoms with van der Waals surface area (Å²) < 4.78 is 23.4. The molecular formula is C17H15B2FN2O2. The smallest absolute Gasteiger partial charge is 0.245 e. The summed E-state index contributed by atoms with van der Waals surface area (Å²) >= 11 is 0. The number of alkyl halides is 1. The lowest BCUT2D eigenvalue weighted by Crippen LogP contribution is -2.31. The monoisotopic (exact) mass is 320 g/mol. The Bertz CT molecular complexity index is 773. The summed E-state index contributed by atoms with van der Waals surface area (Å²) in [5.74, 6) is 1.32. The predicted molar refractivity (Wildman–Crippen MR) is 93.0 cm³/mol. The maximum Gasteiger partial charge on any atom is 0.245 e. The van der Waals surface area contributed by atoms with Gasteiger partial charge in [-0.25, -0.2) is 9.37 Å². The number of rotatable bonds is 4. The number of pyridine rings is 1. The van der Waals surface area contributed by atoms with Gasteiger partial charge in [0.25, 0.3) is 0 Å². The molecule has 0 amide bonds. The van der Waals surface area contributed by atoms with Gasteiger partial charge < -0.3 is 14.4 Å². The molecule has 0 saturated carbocycles. The van der Waals surface area contributed by atoms with Crippen LogP contribution < -0.4 is 14.4 Å². The van der Waals surface area contributed by atoms with E-state index in [4.69, 9.17) is 25.2 Å². The van der Waals surface area contributed by atoms with E-state index in [1.54, 1.807) is 30.5 Å². The second kappa shape index (κ2) is 5.89. The van der Waals surface area contributed by atoms with Crippen molar-refractivity contribution in [2.75, 3.05) is 4.90 Å². The van der Waals surface area contributed by atoms with E-state index >= 15 is 0 Å². The number of halogens is 1. The summed E-state index contributed by atoms with van der Waals surface area (Å²) in [6.07, 6.45) is 1.71. The molecule has 2 heterocycles. The summed E-state index contributed by atoms with van der Waals surface area (Å²) in [6.45, 7) is 8.00. The van der Waals surface area contributed by atoms with E-state index < -0.39 is 5.65 Å². The van der Waals surface area contributed by atoms with Crippen LogP contribution in [-0.4, -0.2) is 32.4 Å². The van der Waals surface area contributed by atoms with E-state index in [-0.39, 0.29) is 11.8 Å². The van der Waals surface area contributed by atoms with Crippen LogP contribution >= 0.6 is 0 Å². The molecule has 4 nitrogen and oxygen atoms in total. The van der Waals surface area contributed by atoms with Crippen LogP contribution in [0.4, 0.5) is 10.1 Å². The molecular weight excluding hydrogens is 305 g/mol. The number of anilines is 1. The minimum absolute atomic E-state index is 0.193. The Morgan fingerprint density at radius 2 is 1.92 bits per heavy atom. The Morgan fingerprint density at radius 1 is 1.25 bits per heavy atom. The highest BCUT2D eigenvalue weighted by Gasteiger charge is 2.28. The molecule has 1 aliphatic rings. The molecule has 1 aromatic carbocycles. The zero-order valence-electron chi connectivity index (χ0n) is 13.5. The lowest BCUT2D eigenvalue weighted by atomic mass is 9.78. The third-order valence-corrected chi connectivity index (χ3v) is 3.55. The molecule has 2 aromatic rings. The fourth-order valence-corrected chi connectivity index (χ4v) is 2.61. The normalized spacial score (nSPS) is 13.8. The molecule has 0 saturated heterocycles. The topological polar surface area (TPSA) is 34.6 Å². The quantitative estimate of drug-likeness (QED) is 0.811. The maximum absolute atomic E-state index is 13.1. The SMILES string of the molecule is [B]C([B])(F)Oc1ccc(-c2cnc3c(c2)N(C(C)C)C(=C)O3)cc1. The fraction of sp³-hybridized carbons (Fsp3) is 0.235. The highest BCUT2D eigenvalue weighted by Crippen LogP contribution is 2.40. The van der Waals surface area contributed by atoms with Crippen molar-refractivity contribution >= 4 is 21.4 Å². The second-order valence-electron chi connectivity index (χ2n) is 5.83. The molecule has 1 aromatic heterocycles. The van der Waals surface area contributed by atoms with Crippen LogP contribution in [0.5, 0.6) is 11.6 Å². The standard InChI is InChI=1S/C17H15B2FN2O2/c1-10(2)22-11(3)23-16-15(22)8-13(9-21-16)12-4-6-14(7-5-12)24-17(18,19)20/h4-10H,3H2,1-2H3. The van der Waals surface area contributed by atoms with Crippen molar-refractivity contribution in [2.24, 2.45) is 0 Å². The van der Waals surface area contributed by atoms with Crippen LogP contribution in [0, 0.1) is 0 Å². The zero-order chi connectivity index (χ0) is 17.5. The number of ether oxygens (including phenoxy) is 2. The van der Waals surface area contributed by atoms with Crippen LogP contribution in [-0.2, 0) is 0 Å². The highest BCUT2D eigenvalue weighted by molar-refractivity contribution is 6.37. The number of hydrogen-bond donors (Lipinski definition) is 0. The lowest BCUT2D eigenvalue weighted by molar-refractivity contribution is 0.102. The van der Waals surface area contributed by atoms with Crippen molar-refractivity contribution in [2.45, 2.75) is 25.5 Å². The highest BCUT2D eigenvalue weighted by atomic mass is 19.2. The lowest BCUT2D eigenvalue weighted by Gasteiger charge is -2.21. The summed E-state index contributed by atoms with van der Waals surface area (Å²) in [7, 11) is 9.97. The van der Waals surface area contributed by atoms with E-state index in [9.17, 15) is 4.39 Å². The van der Waals surface area contributed by atoms with Gasteiger partial charge in [-0.2, -0.15) is 0 Å². The Kier molecular flexibility index (Phi) is 4.03. The van der Waals surface area contributed by atoms with Gasteiger partial charge in [0, 0.05) is 17.8 Å². The molecule has 4 radical (unpaired) electrons. The number of benzene rings is 1. The van der Waals surface area contributed by atoms with Crippen LogP contribution in [0.3, 0.4) is 0 Å². The number of fused-ring (bicyclic) bond motifs is 1. The van der Waals surface area contributed by atoms with Crippen LogP contribution in [0.2, 0.25) is 0 Å². The molecule has 0 fully saturated rings. The summed E-state index contributed by atoms with van der Waals surface area (Å²) in [5, 5.41) is 0. The van der Waals surface area contributed by atoms with E-state index in [0.717, 1.165) is 16.8 Å². The molecule has 3 rings (SSSR count). The van der Waals surface area contributed by atoms with Gasteiger partial charge in [0.05, 0.1) is 0 Å². The molecule has 0 atom stereocenters. The third-order valence-electron chi connectivity index (χ3n) is 3.55. The zero-order valence-corrected chi connectivity index (χ0v) is 13.5.